The Morgan fingerprint density at radius 1 is 1.47 bits per heavy atom. The Labute approximate surface area is 95.1 Å². The quantitative estimate of drug-likeness (QED) is 0.743. The predicted octanol–water partition coefficient (Wildman–Crippen LogP) is 1.41. The highest BCUT2D eigenvalue weighted by Crippen LogP contribution is 2.16. The molecule has 3 nitrogen and oxygen atoms in total. The van der Waals surface area contributed by atoms with Gasteiger partial charge in [0.15, 0.2) is 0 Å². The van der Waals surface area contributed by atoms with E-state index in [1.807, 2.05) is 11.3 Å². The van der Waals surface area contributed by atoms with E-state index in [-0.39, 0.29) is 0 Å². The van der Waals surface area contributed by atoms with E-state index in [2.05, 4.69) is 24.4 Å². The van der Waals surface area contributed by atoms with Crippen LogP contribution in [0.5, 0.6) is 0 Å². The van der Waals surface area contributed by atoms with Crippen molar-refractivity contribution in [3.63, 3.8) is 0 Å². The van der Waals surface area contributed by atoms with Crippen LogP contribution in [0.25, 0.3) is 0 Å². The van der Waals surface area contributed by atoms with E-state index in [4.69, 9.17) is 4.74 Å². The van der Waals surface area contributed by atoms with Gasteiger partial charge in [-0.05, 0) is 18.6 Å². The lowest BCUT2D eigenvalue weighted by atomic mass is 10.3. The molecule has 0 aliphatic rings. The number of ether oxygens (including phenoxy) is 1. The lowest BCUT2D eigenvalue weighted by Crippen LogP contribution is -2.29. The van der Waals surface area contributed by atoms with Crippen molar-refractivity contribution in [2.75, 3.05) is 20.3 Å². The third-order valence-electron chi connectivity index (χ3n) is 2.10. The normalized spacial score (nSPS) is 13.0. The second kappa shape index (κ2) is 6.95. The SMILES string of the molecule is CCc1ccc(CNCC(O)COC)s1. The molecule has 1 rings (SSSR count). The third kappa shape index (κ3) is 4.75. The zero-order valence-corrected chi connectivity index (χ0v) is 10.1. The van der Waals surface area contributed by atoms with Gasteiger partial charge in [0.1, 0.15) is 0 Å². The fourth-order valence-corrected chi connectivity index (χ4v) is 2.25. The van der Waals surface area contributed by atoms with Gasteiger partial charge in [0.05, 0.1) is 12.7 Å². The molecule has 0 bridgehead atoms. The number of hydrogen-bond acceptors (Lipinski definition) is 4. The number of rotatable bonds is 7. The minimum absolute atomic E-state index is 0.387. The number of hydrogen-bond donors (Lipinski definition) is 2. The summed E-state index contributed by atoms with van der Waals surface area (Å²) in [5.41, 5.74) is 0. The highest BCUT2D eigenvalue weighted by molar-refractivity contribution is 7.11. The number of nitrogens with one attached hydrogen (secondary N) is 1. The van der Waals surface area contributed by atoms with Crippen molar-refractivity contribution in [3.8, 4) is 0 Å². The van der Waals surface area contributed by atoms with Crippen LogP contribution in [-0.4, -0.2) is 31.5 Å². The van der Waals surface area contributed by atoms with E-state index in [1.165, 1.54) is 9.75 Å². The minimum atomic E-state index is -0.416. The summed E-state index contributed by atoms with van der Waals surface area (Å²) < 4.78 is 4.84. The first-order valence-corrected chi connectivity index (χ1v) is 6.03. The van der Waals surface area contributed by atoms with Gasteiger partial charge >= 0.3 is 0 Å². The Kier molecular flexibility index (Phi) is 5.86. The Hall–Kier alpha value is -0.420. The first kappa shape index (κ1) is 12.6. The van der Waals surface area contributed by atoms with Gasteiger partial charge in [0, 0.05) is 30.0 Å². The highest BCUT2D eigenvalue weighted by atomic mass is 32.1. The minimum Gasteiger partial charge on any atom is -0.389 e. The number of thiophene rings is 1. The van der Waals surface area contributed by atoms with Crippen molar-refractivity contribution in [2.45, 2.75) is 26.0 Å². The van der Waals surface area contributed by atoms with Gasteiger partial charge in [-0.25, -0.2) is 0 Å². The molecule has 1 aromatic heterocycles. The summed E-state index contributed by atoms with van der Waals surface area (Å²) in [6, 6.07) is 4.30. The zero-order valence-electron chi connectivity index (χ0n) is 9.32. The van der Waals surface area contributed by atoms with Crippen LogP contribution in [0.15, 0.2) is 12.1 Å². The van der Waals surface area contributed by atoms with Gasteiger partial charge in [-0.15, -0.1) is 11.3 Å². The van der Waals surface area contributed by atoms with Crippen LogP contribution >= 0.6 is 11.3 Å². The van der Waals surface area contributed by atoms with Crippen molar-refractivity contribution in [1.82, 2.24) is 5.32 Å². The third-order valence-corrected chi connectivity index (χ3v) is 3.33. The number of methoxy groups -OCH3 is 1. The second-order valence-corrected chi connectivity index (χ2v) is 4.71. The molecule has 0 fully saturated rings. The van der Waals surface area contributed by atoms with Crippen LogP contribution in [0.3, 0.4) is 0 Å². The van der Waals surface area contributed by atoms with Crippen LogP contribution < -0.4 is 5.32 Å². The Morgan fingerprint density at radius 3 is 2.80 bits per heavy atom. The smallest absolute Gasteiger partial charge is 0.0897 e. The summed E-state index contributed by atoms with van der Waals surface area (Å²) >= 11 is 1.82. The van der Waals surface area contributed by atoms with E-state index in [0.29, 0.717) is 13.2 Å². The molecular formula is C11H19NO2S. The fourth-order valence-electron chi connectivity index (χ4n) is 1.32. The Bertz CT molecular complexity index is 275. The Morgan fingerprint density at radius 2 is 2.20 bits per heavy atom. The molecule has 0 saturated heterocycles. The largest absolute Gasteiger partial charge is 0.389 e. The fraction of sp³-hybridized carbons (Fsp3) is 0.636. The standard InChI is InChI=1S/C11H19NO2S/c1-3-10-4-5-11(15-10)7-12-6-9(13)8-14-2/h4-5,9,12-13H,3,6-8H2,1-2H3. The number of aliphatic hydroxyl groups is 1. The van der Waals surface area contributed by atoms with Crippen LogP contribution in [-0.2, 0) is 17.7 Å². The molecule has 1 aromatic rings. The van der Waals surface area contributed by atoms with Crippen molar-refractivity contribution in [2.24, 2.45) is 0 Å². The average molecular weight is 229 g/mol. The van der Waals surface area contributed by atoms with E-state index in [9.17, 15) is 5.11 Å². The topological polar surface area (TPSA) is 41.5 Å². The van der Waals surface area contributed by atoms with E-state index < -0.39 is 6.10 Å². The van der Waals surface area contributed by atoms with Crippen molar-refractivity contribution < 1.29 is 9.84 Å². The first-order valence-electron chi connectivity index (χ1n) is 5.21. The molecule has 4 heteroatoms. The Balaban J connectivity index is 2.19. The summed E-state index contributed by atoms with van der Waals surface area (Å²) in [6.07, 6.45) is 0.678. The van der Waals surface area contributed by atoms with Crippen LogP contribution in [0.4, 0.5) is 0 Å². The van der Waals surface area contributed by atoms with Crippen LogP contribution in [0.2, 0.25) is 0 Å². The maximum atomic E-state index is 9.39. The summed E-state index contributed by atoms with van der Waals surface area (Å²) in [5, 5.41) is 12.6. The lowest BCUT2D eigenvalue weighted by Gasteiger charge is -2.09. The van der Waals surface area contributed by atoms with Gasteiger partial charge in [-0.2, -0.15) is 0 Å². The molecule has 0 saturated carbocycles. The second-order valence-electron chi connectivity index (χ2n) is 3.46. The molecule has 0 aliphatic carbocycles. The molecule has 15 heavy (non-hydrogen) atoms. The molecule has 2 N–H and O–H groups in total. The summed E-state index contributed by atoms with van der Waals surface area (Å²) in [7, 11) is 1.59. The summed E-state index contributed by atoms with van der Waals surface area (Å²) in [5.74, 6) is 0. The van der Waals surface area contributed by atoms with Gasteiger partial charge < -0.3 is 15.2 Å². The van der Waals surface area contributed by atoms with E-state index in [1.54, 1.807) is 7.11 Å². The maximum absolute atomic E-state index is 9.39. The van der Waals surface area contributed by atoms with Crippen molar-refractivity contribution >= 4 is 11.3 Å². The molecule has 0 aromatic carbocycles. The zero-order chi connectivity index (χ0) is 11.1. The van der Waals surface area contributed by atoms with Gasteiger partial charge in [0.2, 0.25) is 0 Å². The number of aliphatic hydroxyl groups excluding tert-OH is 1. The molecule has 86 valence electrons. The van der Waals surface area contributed by atoms with Crippen molar-refractivity contribution in [1.29, 1.82) is 0 Å². The van der Waals surface area contributed by atoms with Crippen molar-refractivity contribution in [3.05, 3.63) is 21.9 Å². The first-order chi connectivity index (χ1) is 7.26. The van der Waals surface area contributed by atoms with Gasteiger partial charge in [0.25, 0.3) is 0 Å². The molecular weight excluding hydrogens is 210 g/mol. The molecule has 1 atom stereocenters. The maximum Gasteiger partial charge on any atom is 0.0897 e. The molecule has 0 spiro atoms. The summed E-state index contributed by atoms with van der Waals surface area (Å²) in [4.78, 5) is 2.72. The average Bonchev–Trinajstić information content (AvgIpc) is 2.66. The number of aryl methyl sites for hydroxylation is 1. The molecule has 0 amide bonds. The monoisotopic (exact) mass is 229 g/mol. The lowest BCUT2D eigenvalue weighted by molar-refractivity contribution is 0.0644. The van der Waals surface area contributed by atoms with Gasteiger partial charge in [-0.1, -0.05) is 6.92 Å². The molecule has 0 radical (unpaired) electrons. The highest BCUT2D eigenvalue weighted by Gasteiger charge is 2.03. The van der Waals surface area contributed by atoms with Crippen LogP contribution in [0, 0.1) is 0 Å². The molecule has 1 unspecified atom stereocenters. The molecule has 1 heterocycles. The summed E-state index contributed by atoms with van der Waals surface area (Å²) in [6.45, 7) is 3.95. The van der Waals surface area contributed by atoms with E-state index >= 15 is 0 Å². The van der Waals surface area contributed by atoms with E-state index in [0.717, 1.165) is 13.0 Å². The van der Waals surface area contributed by atoms with Gasteiger partial charge in [-0.3, -0.25) is 0 Å². The predicted molar refractivity (Wildman–Crippen MR) is 63.3 cm³/mol. The van der Waals surface area contributed by atoms with Crippen LogP contribution in [0.1, 0.15) is 16.7 Å². The molecule has 0 aliphatic heterocycles.